The molecule has 8 heteroatoms. The SMILES string of the molecule is Cc1ccc(NC(=O)N(C)CCc2noc(COc3ccccc3F)n2)cc1. The Hall–Kier alpha value is -3.42. The van der Waals surface area contributed by atoms with E-state index in [0.717, 1.165) is 11.3 Å². The Morgan fingerprint density at radius 1 is 1.21 bits per heavy atom. The van der Waals surface area contributed by atoms with Gasteiger partial charge in [0.05, 0.1) is 0 Å². The molecule has 0 bridgehead atoms. The second-order valence-corrected chi connectivity index (χ2v) is 6.29. The van der Waals surface area contributed by atoms with Crippen LogP contribution >= 0.6 is 0 Å². The lowest BCUT2D eigenvalue weighted by atomic mass is 10.2. The second-order valence-electron chi connectivity index (χ2n) is 6.29. The maximum Gasteiger partial charge on any atom is 0.321 e. The van der Waals surface area contributed by atoms with Crippen LogP contribution in [0, 0.1) is 12.7 Å². The average molecular weight is 384 g/mol. The number of likely N-dealkylation sites (N-methyl/N-ethyl adjacent to an activating group) is 1. The number of nitrogens with one attached hydrogen (secondary N) is 1. The van der Waals surface area contributed by atoms with Crippen LogP contribution in [-0.2, 0) is 13.0 Å². The molecule has 1 N–H and O–H groups in total. The van der Waals surface area contributed by atoms with Gasteiger partial charge in [-0.15, -0.1) is 0 Å². The molecule has 1 aromatic heterocycles. The van der Waals surface area contributed by atoms with E-state index in [1.165, 1.54) is 17.0 Å². The smallest absolute Gasteiger partial charge is 0.321 e. The normalized spacial score (nSPS) is 10.5. The van der Waals surface area contributed by atoms with Gasteiger partial charge in [-0.2, -0.15) is 4.98 Å². The van der Waals surface area contributed by atoms with Gasteiger partial charge in [0.15, 0.2) is 24.0 Å². The van der Waals surface area contributed by atoms with Gasteiger partial charge in [0.25, 0.3) is 5.89 Å². The van der Waals surface area contributed by atoms with E-state index in [0.29, 0.717) is 18.8 Å². The van der Waals surface area contributed by atoms with E-state index in [9.17, 15) is 9.18 Å². The van der Waals surface area contributed by atoms with Crippen LogP contribution < -0.4 is 10.1 Å². The topological polar surface area (TPSA) is 80.5 Å². The maximum atomic E-state index is 13.5. The summed E-state index contributed by atoms with van der Waals surface area (Å²) in [5.41, 5.74) is 1.85. The average Bonchev–Trinajstić information content (AvgIpc) is 3.15. The highest BCUT2D eigenvalue weighted by molar-refractivity contribution is 5.89. The Balaban J connectivity index is 1.46. The molecule has 7 nitrogen and oxygen atoms in total. The number of benzene rings is 2. The van der Waals surface area contributed by atoms with E-state index in [2.05, 4.69) is 15.5 Å². The zero-order chi connectivity index (χ0) is 19.9. The van der Waals surface area contributed by atoms with Gasteiger partial charge in [-0.3, -0.25) is 0 Å². The maximum absolute atomic E-state index is 13.5. The fourth-order valence-electron chi connectivity index (χ4n) is 2.38. The standard InChI is InChI=1S/C20H21FN4O3/c1-14-7-9-15(10-8-14)22-20(26)25(2)12-11-18-23-19(28-24-18)13-27-17-6-4-3-5-16(17)21/h3-10H,11-13H2,1-2H3,(H,22,26). The summed E-state index contributed by atoms with van der Waals surface area (Å²) in [6.07, 6.45) is 0.418. The van der Waals surface area contributed by atoms with Crippen LogP contribution in [0.4, 0.5) is 14.9 Å². The highest BCUT2D eigenvalue weighted by Gasteiger charge is 2.12. The number of para-hydroxylation sites is 1. The first-order valence-electron chi connectivity index (χ1n) is 8.79. The summed E-state index contributed by atoms with van der Waals surface area (Å²) in [7, 11) is 1.69. The second kappa shape index (κ2) is 8.98. The van der Waals surface area contributed by atoms with E-state index in [4.69, 9.17) is 9.26 Å². The summed E-state index contributed by atoms with van der Waals surface area (Å²) >= 11 is 0. The number of aromatic nitrogens is 2. The van der Waals surface area contributed by atoms with Crippen LogP contribution in [0.25, 0.3) is 0 Å². The molecule has 0 saturated heterocycles. The number of rotatable bonds is 7. The van der Waals surface area contributed by atoms with Gasteiger partial charge in [0, 0.05) is 25.7 Å². The lowest BCUT2D eigenvalue weighted by Gasteiger charge is -2.17. The molecule has 0 atom stereocenters. The lowest BCUT2D eigenvalue weighted by molar-refractivity contribution is 0.222. The van der Waals surface area contributed by atoms with Gasteiger partial charge in [-0.1, -0.05) is 35.0 Å². The quantitative estimate of drug-likeness (QED) is 0.670. The largest absolute Gasteiger partial charge is 0.481 e. The molecule has 146 valence electrons. The number of hydrogen-bond acceptors (Lipinski definition) is 5. The number of carbonyl (C=O) groups is 1. The van der Waals surface area contributed by atoms with Crippen LogP contribution in [-0.4, -0.2) is 34.7 Å². The minimum atomic E-state index is -0.455. The van der Waals surface area contributed by atoms with Crippen molar-refractivity contribution in [3.8, 4) is 5.75 Å². The van der Waals surface area contributed by atoms with E-state index in [-0.39, 0.29) is 24.3 Å². The third-order valence-corrected chi connectivity index (χ3v) is 4.02. The van der Waals surface area contributed by atoms with E-state index in [1.807, 2.05) is 31.2 Å². The minimum Gasteiger partial charge on any atom is -0.481 e. The number of anilines is 1. The zero-order valence-corrected chi connectivity index (χ0v) is 15.7. The van der Waals surface area contributed by atoms with Crippen molar-refractivity contribution in [1.82, 2.24) is 15.0 Å². The van der Waals surface area contributed by atoms with Crippen LogP contribution in [0.2, 0.25) is 0 Å². The Bertz CT molecular complexity index is 927. The van der Waals surface area contributed by atoms with Gasteiger partial charge in [-0.25, -0.2) is 9.18 Å². The van der Waals surface area contributed by atoms with Crippen molar-refractivity contribution in [1.29, 1.82) is 0 Å². The minimum absolute atomic E-state index is 0.0301. The van der Waals surface area contributed by atoms with E-state index < -0.39 is 5.82 Å². The third-order valence-electron chi connectivity index (χ3n) is 4.02. The van der Waals surface area contributed by atoms with Crippen molar-refractivity contribution in [2.75, 3.05) is 18.9 Å². The Labute approximate surface area is 162 Å². The lowest BCUT2D eigenvalue weighted by Crippen LogP contribution is -2.33. The molecule has 0 saturated carbocycles. The zero-order valence-electron chi connectivity index (χ0n) is 15.7. The molecule has 3 aromatic rings. The summed E-state index contributed by atoms with van der Waals surface area (Å²) < 4.78 is 24.0. The number of hydrogen-bond donors (Lipinski definition) is 1. The summed E-state index contributed by atoms with van der Waals surface area (Å²) in [6.45, 7) is 2.36. The number of amides is 2. The van der Waals surface area contributed by atoms with Gasteiger partial charge in [0.2, 0.25) is 0 Å². The predicted octanol–water partition coefficient (Wildman–Crippen LogP) is 3.80. The van der Waals surface area contributed by atoms with Crippen molar-refractivity contribution in [3.63, 3.8) is 0 Å². The van der Waals surface area contributed by atoms with Crippen LogP contribution in [0.15, 0.2) is 53.1 Å². The van der Waals surface area contributed by atoms with Gasteiger partial charge in [0.1, 0.15) is 0 Å². The molecule has 2 amide bonds. The molecule has 2 aromatic carbocycles. The molecule has 0 aliphatic rings. The molecule has 0 radical (unpaired) electrons. The van der Waals surface area contributed by atoms with Crippen molar-refractivity contribution >= 4 is 11.7 Å². The van der Waals surface area contributed by atoms with E-state index >= 15 is 0 Å². The molecule has 0 fully saturated rings. The van der Waals surface area contributed by atoms with Crippen molar-refractivity contribution in [3.05, 3.63) is 71.6 Å². The number of carbonyl (C=O) groups excluding carboxylic acids is 1. The molecule has 0 unspecified atom stereocenters. The van der Waals surface area contributed by atoms with Crippen LogP contribution in [0.5, 0.6) is 5.75 Å². The first-order valence-corrected chi connectivity index (χ1v) is 8.79. The molecule has 0 aliphatic carbocycles. The van der Waals surface area contributed by atoms with Crippen LogP contribution in [0.3, 0.4) is 0 Å². The van der Waals surface area contributed by atoms with Crippen molar-refractivity contribution < 1.29 is 18.4 Å². The van der Waals surface area contributed by atoms with Gasteiger partial charge < -0.3 is 19.5 Å². The molecule has 1 heterocycles. The first-order chi connectivity index (χ1) is 13.5. The van der Waals surface area contributed by atoms with Gasteiger partial charge in [-0.05, 0) is 31.2 Å². The Morgan fingerprint density at radius 2 is 1.96 bits per heavy atom. The Kier molecular flexibility index (Phi) is 6.21. The molecule has 0 aliphatic heterocycles. The summed E-state index contributed by atoms with van der Waals surface area (Å²) in [4.78, 5) is 17.9. The number of aryl methyl sites for hydroxylation is 1. The van der Waals surface area contributed by atoms with Crippen molar-refractivity contribution in [2.24, 2.45) is 0 Å². The molecule has 28 heavy (non-hydrogen) atoms. The van der Waals surface area contributed by atoms with Crippen LogP contribution in [0.1, 0.15) is 17.3 Å². The highest BCUT2D eigenvalue weighted by atomic mass is 19.1. The summed E-state index contributed by atoms with van der Waals surface area (Å²) in [6, 6.07) is 13.4. The number of nitrogens with zero attached hydrogens (tertiary/aromatic N) is 3. The monoisotopic (exact) mass is 384 g/mol. The number of urea groups is 1. The first kappa shape index (κ1) is 19.3. The molecule has 0 spiro atoms. The number of halogens is 1. The fraction of sp³-hybridized carbons (Fsp3) is 0.250. The summed E-state index contributed by atoms with van der Waals surface area (Å²) in [5, 5.41) is 6.68. The number of ether oxygens (including phenoxy) is 1. The summed E-state index contributed by atoms with van der Waals surface area (Å²) in [5.74, 6) is 0.352. The predicted molar refractivity (Wildman–Crippen MR) is 102 cm³/mol. The third kappa shape index (κ3) is 5.29. The fourth-order valence-corrected chi connectivity index (χ4v) is 2.38. The van der Waals surface area contributed by atoms with Crippen molar-refractivity contribution in [2.45, 2.75) is 20.0 Å². The molecular formula is C20H21FN4O3. The van der Waals surface area contributed by atoms with Gasteiger partial charge >= 0.3 is 6.03 Å². The Morgan fingerprint density at radius 3 is 2.71 bits per heavy atom. The molecular weight excluding hydrogens is 363 g/mol. The molecule has 3 rings (SSSR count). The van der Waals surface area contributed by atoms with E-state index in [1.54, 1.807) is 19.2 Å². The highest BCUT2D eigenvalue weighted by Crippen LogP contribution is 2.16.